The Balaban J connectivity index is 2.37. The molecule has 0 saturated heterocycles. The van der Waals surface area contributed by atoms with Crippen LogP contribution in [0.4, 0.5) is 13.2 Å². The average molecular weight is 258 g/mol. The zero-order valence-electron chi connectivity index (χ0n) is 9.55. The van der Waals surface area contributed by atoms with Crippen LogP contribution in [0.3, 0.4) is 0 Å². The van der Waals surface area contributed by atoms with Crippen LogP contribution in [-0.4, -0.2) is 12.5 Å². The first-order valence-corrected chi connectivity index (χ1v) is 5.57. The molecule has 98 valence electrons. The molecule has 0 atom stereocenters. The predicted octanol–water partition coefficient (Wildman–Crippen LogP) is 1.77. The Morgan fingerprint density at radius 1 is 1.33 bits per heavy atom. The summed E-state index contributed by atoms with van der Waals surface area (Å²) < 4.78 is 38.7. The van der Waals surface area contributed by atoms with E-state index in [1.54, 1.807) is 6.07 Å². The minimum Gasteiger partial charge on any atom is -0.345 e. The first-order valence-electron chi connectivity index (χ1n) is 5.57. The van der Waals surface area contributed by atoms with Crippen LogP contribution in [0.25, 0.3) is 0 Å². The summed E-state index contributed by atoms with van der Waals surface area (Å²) in [5, 5.41) is 2.58. The van der Waals surface area contributed by atoms with Crippen molar-refractivity contribution in [3.05, 3.63) is 35.4 Å². The Labute approximate surface area is 102 Å². The molecule has 1 aromatic carbocycles. The molecule has 2 rings (SSSR count). The maximum absolute atomic E-state index is 12.9. The minimum absolute atomic E-state index is 0.124. The Morgan fingerprint density at radius 2 is 1.94 bits per heavy atom. The van der Waals surface area contributed by atoms with E-state index in [9.17, 15) is 18.0 Å². The van der Waals surface area contributed by atoms with Gasteiger partial charge in [0.2, 0.25) is 5.91 Å². The molecule has 1 aliphatic carbocycles. The van der Waals surface area contributed by atoms with E-state index in [1.807, 2.05) is 0 Å². The van der Waals surface area contributed by atoms with Gasteiger partial charge in [-0.05, 0) is 24.5 Å². The normalized spacial score (nSPS) is 17.3. The van der Waals surface area contributed by atoms with Crippen LogP contribution >= 0.6 is 0 Å². The number of rotatable bonds is 3. The average Bonchev–Trinajstić information content (AvgIpc) is 3.09. The SMILES string of the molecule is NCC(=O)NC1(c2ccccc2C(F)(F)F)CC1. The van der Waals surface area contributed by atoms with Crippen molar-refractivity contribution in [2.75, 3.05) is 6.54 Å². The van der Waals surface area contributed by atoms with Crippen LogP contribution in [0, 0.1) is 0 Å². The van der Waals surface area contributed by atoms with Gasteiger partial charge in [0.1, 0.15) is 0 Å². The summed E-state index contributed by atoms with van der Waals surface area (Å²) in [4.78, 5) is 11.3. The Morgan fingerprint density at radius 3 is 2.44 bits per heavy atom. The van der Waals surface area contributed by atoms with Gasteiger partial charge in [0.25, 0.3) is 0 Å². The third kappa shape index (κ3) is 2.33. The fourth-order valence-corrected chi connectivity index (χ4v) is 2.05. The summed E-state index contributed by atoms with van der Waals surface area (Å²) >= 11 is 0. The zero-order valence-corrected chi connectivity index (χ0v) is 9.55. The van der Waals surface area contributed by atoms with Crippen LogP contribution in [0.15, 0.2) is 24.3 Å². The molecule has 0 unspecified atom stereocenters. The van der Waals surface area contributed by atoms with E-state index in [-0.39, 0.29) is 12.1 Å². The molecule has 0 bridgehead atoms. The number of hydrogen-bond acceptors (Lipinski definition) is 2. The maximum atomic E-state index is 12.9. The highest BCUT2D eigenvalue weighted by Crippen LogP contribution is 2.49. The van der Waals surface area contributed by atoms with E-state index >= 15 is 0 Å². The summed E-state index contributed by atoms with van der Waals surface area (Å²) in [5.41, 5.74) is 3.72. The molecule has 1 fully saturated rings. The number of alkyl halides is 3. The van der Waals surface area contributed by atoms with Gasteiger partial charge in [-0.3, -0.25) is 4.79 Å². The van der Waals surface area contributed by atoms with Gasteiger partial charge >= 0.3 is 6.18 Å². The molecule has 18 heavy (non-hydrogen) atoms. The van der Waals surface area contributed by atoms with Crippen molar-refractivity contribution in [1.82, 2.24) is 5.32 Å². The number of amides is 1. The van der Waals surface area contributed by atoms with E-state index < -0.39 is 23.2 Å². The van der Waals surface area contributed by atoms with Gasteiger partial charge in [-0.25, -0.2) is 0 Å². The van der Waals surface area contributed by atoms with Crippen molar-refractivity contribution in [3.63, 3.8) is 0 Å². The Bertz CT molecular complexity index is 467. The fraction of sp³-hybridized carbons (Fsp3) is 0.417. The molecule has 0 radical (unpaired) electrons. The first kappa shape index (κ1) is 12.9. The highest BCUT2D eigenvalue weighted by molar-refractivity contribution is 5.79. The summed E-state index contributed by atoms with van der Waals surface area (Å²) in [6.45, 7) is -0.226. The van der Waals surface area contributed by atoms with E-state index in [2.05, 4.69) is 5.32 Å². The maximum Gasteiger partial charge on any atom is 0.416 e. The number of nitrogens with two attached hydrogens (primary N) is 1. The van der Waals surface area contributed by atoms with Crippen molar-refractivity contribution in [2.45, 2.75) is 24.6 Å². The molecule has 1 aromatic rings. The number of nitrogens with one attached hydrogen (secondary N) is 1. The first-order chi connectivity index (χ1) is 8.39. The topological polar surface area (TPSA) is 55.1 Å². The highest BCUT2D eigenvalue weighted by Gasteiger charge is 2.50. The smallest absolute Gasteiger partial charge is 0.345 e. The van der Waals surface area contributed by atoms with E-state index in [0.717, 1.165) is 6.07 Å². The fourth-order valence-electron chi connectivity index (χ4n) is 2.05. The van der Waals surface area contributed by atoms with Crippen molar-refractivity contribution in [3.8, 4) is 0 Å². The third-order valence-corrected chi connectivity index (χ3v) is 3.06. The lowest BCUT2D eigenvalue weighted by molar-refractivity contribution is -0.139. The number of hydrogen-bond donors (Lipinski definition) is 2. The molecule has 1 amide bonds. The molecule has 3 nitrogen and oxygen atoms in total. The molecular formula is C12H13F3N2O. The molecule has 1 aliphatic rings. The van der Waals surface area contributed by atoms with Crippen LogP contribution in [-0.2, 0) is 16.5 Å². The molecule has 6 heteroatoms. The minimum atomic E-state index is -4.42. The Kier molecular flexibility index (Phi) is 3.06. The lowest BCUT2D eigenvalue weighted by Crippen LogP contribution is -2.39. The molecule has 0 aliphatic heterocycles. The monoisotopic (exact) mass is 258 g/mol. The predicted molar refractivity (Wildman–Crippen MR) is 59.6 cm³/mol. The van der Waals surface area contributed by atoms with Crippen molar-refractivity contribution in [1.29, 1.82) is 0 Å². The van der Waals surface area contributed by atoms with Gasteiger partial charge in [0, 0.05) is 0 Å². The van der Waals surface area contributed by atoms with E-state index in [1.165, 1.54) is 12.1 Å². The lowest BCUT2D eigenvalue weighted by Gasteiger charge is -2.22. The number of carbonyl (C=O) groups excluding carboxylic acids is 1. The molecule has 0 spiro atoms. The second-order valence-electron chi connectivity index (χ2n) is 4.38. The lowest BCUT2D eigenvalue weighted by atomic mass is 9.97. The van der Waals surface area contributed by atoms with Gasteiger partial charge in [-0.15, -0.1) is 0 Å². The van der Waals surface area contributed by atoms with Crippen LogP contribution in [0.2, 0.25) is 0 Å². The molecule has 0 aromatic heterocycles. The van der Waals surface area contributed by atoms with Gasteiger partial charge in [0.15, 0.2) is 0 Å². The molecule has 0 heterocycles. The quantitative estimate of drug-likeness (QED) is 0.868. The second kappa shape index (κ2) is 4.28. The molecule has 1 saturated carbocycles. The van der Waals surface area contributed by atoms with Crippen LogP contribution in [0.5, 0.6) is 0 Å². The van der Waals surface area contributed by atoms with Crippen LogP contribution < -0.4 is 11.1 Å². The summed E-state index contributed by atoms with van der Waals surface area (Å²) in [7, 11) is 0. The number of benzene rings is 1. The van der Waals surface area contributed by atoms with Crippen LogP contribution in [0.1, 0.15) is 24.0 Å². The zero-order chi connectivity index (χ0) is 13.4. The van der Waals surface area contributed by atoms with E-state index in [0.29, 0.717) is 12.8 Å². The van der Waals surface area contributed by atoms with Crippen molar-refractivity contribution in [2.24, 2.45) is 5.73 Å². The summed E-state index contributed by atoms with van der Waals surface area (Å²) in [6, 6.07) is 5.32. The highest BCUT2D eigenvalue weighted by atomic mass is 19.4. The van der Waals surface area contributed by atoms with Crippen molar-refractivity contribution >= 4 is 5.91 Å². The van der Waals surface area contributed by atoms with Crippen molar-refractivity contribution < 1.29 is 18.0 Å². The van der Waals surface area contributed by atoms with Gasteiger partial charge in [-0.2, -0.15) is 13.2 Å². The second-order valence-corrected chi connectivity index (χ2v) is 4.38. The third-order valence-electron chi connectivity index (χ3n) is 3.06. The standard InChI is InChI=1S/C12H13F3N2O/c13-12(14,15)9-4-2-1-3-8(9)11(5-6-11)17-10(18)7-16/h1-4H,5-7,16H2,(H,17,18). The molecular weight excluding hydrogens is 245 g/mol. The van der Waals surface area contributed by atoms with Gasteiger partial charge in [-0.1, -0.05) is 18.2 Å². The van der Waals surface area contributed by atoms with Gasteiger partial charge < -0.3 is 11.1 Å². The van der Waals surface area contributed by atoms with E-state index in [4.69, 9.17) is 5.73 Å². The van der Waals surface area contributed by atoms with Gasteiger partial charge in [0.05, 0.1) is 17.6 Å². The summed E-state index contributed by atoms with van der Waals surface area (Å²) in [5.74, 6) is -0.440. The Hall–Kier alpha value is -1.56. The number of carbonyl (C=O) groups is 1. The summed E-state index contributed by atoms with van der Waals surface area (Å²) in [6.07, 6.45) is -3.41. The largest absolute Gasteiger partial charge is 0.416 e. The number of halogens is 3. The molecule has 3 N–H and O–H groups in total.